The summed E-state index contributed by atoms with van der Waals surface area (Å²) >= 11 is 1.63. The Balaban J connectivity index is 1.48. The van der Waals surface area contributed by atoms with Gasteiger partial charge in [-0.2, -0.15) is 0 Å². The maximum absolute atomic E-state index is 13.0. The largest absolute Gasteiger partial charge is 0.378 e. The molecule has 0 bridgehead atoms. The van der Waals surface area contributed by atoms with Crippen molar-refractivity contribution in [2.75, 3.05) is 64.4 Å². The number of thioether (sulfide) groups is 1. The second-order valence-electron chi connectivity index (χ2n) is 9.83. The lowest BCUT2D eigenvalue weighted by Gasteiger charge is -2.32. The fourth-order valence-electron chi connectivity index (χ4n) is 3.95. The summed E-state index contributed by atoms with van der Waals surface area (Å²) in [5, 5.41) is 0.778. The lowest BCUT2D eigenvalue weighted by atomic mass is 9.92. The molecule has 1 aromatic carbocycles. The Hall–Kier alpha value is -2.16. The molecule has 0 spiro atoms. The molecular formula is C25H35N5O2S. The predicted octanol–water partition coefficient (Wildman–Crippen LogP) is 3.29. The van der Waals surface area contributed by atoms with Gasteiger partial charge in [0.2, 0.25) is 0 Å². The summed E-state index contributed by atoms with van der Waals surface area (Å²) in [6.07, 6.45) is 0. The minimum atomic E-state index is -0.0614. The lowest BCUT2D eigenvalue weighted by molar-refractivity contribution is 0.0664. The molecule has 1 amide bonds. The van der Waals surface area contributed by atoms with Crippen LogP contribution in [-0.2, 0) is 15.9 Å². The molecule has 0 radical (unpaired) electrons. The van der Waals surface area contributed by atoms with Gasteiger partial charge in [-0.25, -0.2) is 9.97 Å². The summed E-state index contributed by atoms with van der Waals surface area (Å²) in [6, 6.07) is 10.1. The van der Waals surface area contributed by atoms with E-state index >= 15 is 0 Å². The topological polar surface area (TPSA) is 61.8 Å². The van der Waals surface area contributed by atoms with Crippen LogP contribution in [-0.4, -0.2) is 85.2 Å². The van der Waals surface area contributed by atoms with Gasteiger partial charge in [0.05, 0.1) is 18.9 Å². The van der Waals surface area contributed by atoms with E-state index in [0.29, 0.717) is 0 Å². The molecule has 3 heterocycles. The van der Waals surface area contributed by atoms with Crippen molar-refractivity contribution in [1.29, 1.82) is 0 Å². The SMILES string of the molecule is CN1CCN(C(=O)c2cccc(CSc3nc(N4CCOCC4)cc(C(C)(C)C)n3)c2)CC1. The molecule has 8 heteroatoms. The maximum atomic E-state index is 13.0. The van der Waals surface area contributed by atoms with Crippen LogP contribution in [0.2, 0.25) is 0 Å². The summed E-state index contributed by atoms with van der Waals surface area (Å²) in [5.74, 6) is 1.82. The van der Waals surface area contributed by atoms with Gasteiger partial charge >= 0.3 is 0 Å². The number of carbonyl (C=O) groups is 1. The average Bonchev–Trinajstić information content (AvgIpc) is 2.83. The van der Waals surface area contributed by atoms with Gasteiger partial charge in [0.1, 0.15) is 5.82 Å². The van der Waals surface area contributed by atoms with E-state index in [9.17, 15) is 4.79 Å². The molecule has 0 N–H and O–H groups in total. The first-order valence-corrected chi connectivity index (χ1v) is 12.7. The normalized spacial score (nSPS) is 17.9. The molecule has 0 aliphatic carbocycles. The molecule has 2 saturated heterocycles. The summed E-state index contributed by atoms with van der Waals surface area (Å²) < 4.78 is 5.51. The smallest absolute Gasteiger partial charge is 0.253 e. The van der Waals surface area contributed by atoms with Gasteiger partial charge in [-0.1, -0.05) is 44.7 Å². The van der Waals surface area contributed by atoms with Crippen LogP contribution in [0.1, 0.15) is 42.4 Å². The average molecular weight is 470 g/mol. The molecule has 178 valence electrons. The Morgan fingerprint density at radius 1 is 1.03 bits per heavy atom. The van der Waals surface area contributed by atoms with Gasteiger partial charge in [-0.05, 0) is 24.7 Å². The van der Waals surface area contributed by atoms with Gasteiger partial charge < -0.3 is 19.4 Å². The van der Waals surface area contributed by atoms with Crippen LogP contribution in [0.5, 0.6) is 0 Å². The number of hydrogen-bond donors (Lipinski definition) is 0. The summed E-state index contributed by atoms with van der Waals surface area (Å²) in [7, 11) is 2.10. The minimum Gasteiger partial charge on any atom is -0.378 e. The number of benzene rings is 1. The zero-order valence-electron chi connectivity index (χ0n) is 20.2. The van der Waals surface area contributed by atoms with Crippen LogP contribution in [0.15, 0.2) is 35.5 Å². The molecule has 7 nitrogen and oxygen atoms in total. The van der Waals surface area contributed by atoms with Crippen LogP contribution < -0.4 is 4.90 Å². The zero-order chi connectivity index (χ0) is 23.4. The number of aromatic nitrogens is 2. The van der Waals surface area contributed by atoms with Crippen molar-refractivity contribution < 1.29 is 9.53 Å². The summed E-state index contributed by atoms with van der Waals surface area (Å²) in [6.45, 7) is 13.1. The van der Waals surface area contributed by atoms with Crippen molar-refractivity contribution in [1.82, 2.24) is 19.8 Å². The quantitative estimate of drug-likeness (QED) is 0.492. The van der Waals surface area contributed by atoms with Crippen molar-refractivity contribution in [3.8, 4) is 0 Å². The van der Waals surface area contributed by atoms with Crippen molar-refractivity contribution in [3.63, 3.8) is 0 Å². The van der Waals surface area contributed by atoms with E-state index in [1.54, 1.807) is 11.8 Å². The molecule has 2 fully saturated rings. The molecule has 33 heavy (non-hydrogen) atoms. The van der Waals surface area contributed by atoms with Gasteiger partial charge in [-0.3, -0.25) is 4.79 Å². The first-order valence-electron chi connectivity index (χ1n) is 11.7. The minimum absolute atomic E-state index is 0.0614. The Kier molecular flexibility index (Phi) is 7.56. The Bertz CT molecular complexity index is 964. The Morgan fingerprint density at radius 2 is 1.76 bits per heavy atom. The molecule has 1 aromatic heterocycles. The van der Waals surface area contributed by atoms with Crippen molar-refractivity contribution >= 4 is 23.5 Å². The van der Waals surface area contributed by atoms with Crippen LogP contribution >= 0.6 is 11.8 Å². The van der Waals surface area contributed by atoms with Crippen LogP contribution in [0, 0.1) is 0 Å². The number of piperazine rings is 1. The third-order valence-electron chi connectivity index (χ3n) is 6.13. The van der Waals surface area contributed by atoms with Crippen LogP contribution in [0.4, 0.5) is 5.82 Å². The Morgan fingerprint density at radius 3 is 2.45 bits per heavy atom. The fourth-order valence-corrected chi connectivity index (χ4v) is 4.75. The van der Waals surface area contributed by atoms with E-state index in [0.717, 1.165) is 86.0 Å². The molecule has 0 atom stereocenters. The van der Waals surface area contributed by atoms with Gasteiger partial charge in [0, 0.05) is 62.1 Å². The standard InChI is InChI=1S/C25H35N5O2S/c1-25(2,3)21-17-22(29-12-14-32-15-13-29)27-24(26-21)33-18-19-6-5-7-20(16-19)23(31)30-10-8-28(4)9-11-30/h5-7,16-17H,8-15,18H2,1-4H3. The number of rotatable bonds is 5. The van der Waals surface area contributed by atoms with Crippen molar-refractivity contribution in [3.05, 3.63) is 47.2 Å². The number of morpholine rings is 1. The number of carbonyl (C=O) groups excluding carboxylic acids is 1. The molecule has 0 saturated carbocycles. The van der Waals surface area contributed by atoms with Gasteiger partial charge in [0.25, 0.3) is 5.91 Å². The summed E-state index contributed by atoms with van der Waals surface area (Å²) in [5.41, 5.74) is 2.85. The van der Waals surface area contributed by atoms with E-state index in [4.69, 9.17) is 14.7 Å². The first-order chi connectivity index (χ1) is 15.8. The maximum Gasteiger partial charge on any atom is 0.253 e. The molecule has 0 unspecified atom stereocenters. The number of likely N-dealkylation sites (N-methyl/N-ethyl adjacent to an activating group) is 1. The number of nitrogens with zero attached hydrogens (tertiary/aromatic N) is 5. The first kappa shape index (κ1) is 24.0. The third kappa shape index (κ3) is 6.25. The number of anilines is 1. The third-order valence-corrected chi connectivity index (χ3v) is 7.05. The number of hydrogen-bond acceptors (Lipinski definition) is 7. The monoisotopic (exact) mass is 469 g/mol. The second kappa shape index (κ2) is 10.4. The second-order valence-corrected chi connectivity index (χ2v) is 10.8. The lowest BCUT2D eigenvalue weighted by Crippen LogP contribution is -2.47. The number of amides is 1. The van der Waals surface area contributed by atoms with Crippen LogP contribution in [0.25, 0.3) is 0 Å². The molecule has 2 aliphatic heterocycles. The molecule has 2 aromatic rings. The highest BCUT2D eigenvalue weighted by Crippen LogP contribution is 2.29. The van der Waals surface area contributed by atoms with E-state index in [1.165, 1.54) is 0 Å². The molecule has 2 aliphatic rings. The molecule has 4 rings (SSSR count). The highest BCUT2D eigenvalue weighted by molar-refractivity contribution is 7.98. The highest BCUT2D eigenvalue weighted by Gasteiger charge is 2.22. The zero-order valence-corrected chi connectivity index (χ0v) is 21.0. The number of ether oxygens (including phenoxy) is 1. The molecular weight excluding hydrogens is 434 g/mol. The predicted molar refractivity (Wildman–Crippen MR) is 133 cm³/mol. The van der Waals surface area contributed by atoms with E-state index in [1.807, 2.05) is 23.1 Å². The van der Waals surface area contributed by atoms with Gasteiger partial charge in [-0.15, -0.1) is 0 Å². The van der Waals surface area contributed by atoms with E-state index in [-0.39, 0.29) is 11.3 Å². The Labute approximate surface area is 201 Å². The fraction of sp³-hybridized carbons (Fsp3) is 0.560. The van der Waals surface area contributed by atoms with Gasteiger partial charge in [0.15, 0.2) is 5.16 Å². The van der Waals surface area contributed by atoms with E-state index < -0.39 is 0 Å². The van der Waals surface area contributed by atoms with Crippen LogP contribution in [0.3, 0.4) is 0 Å². The van der Waals surface area contributed by atoms with Crippen molar-refractivity contribution in [2.24, 2.45) is 0 Å². The highest BCUT2D eigenvalue weighted by atomic mass is 32.2. The van der Waals surface area contributed by atoms with E-state index in [2.05, 4.69) is 49.8 Å². The van der Waals surface area contributed by atoms with Crippen molar-refractivity contribution in [2.45, 2.75) is 37.1 Å². The summed E-state index contributed by atoms with van der Waals surface area (Å²) in [4.78, 5) is 29.2.